The van der Waals surface area contributed by atoms with E-state index in [1.54, 1.807) is 0 Å². The van der Waals surface area contributed by atoms with Gasteiger partial charge in [-0.05, 0) is 111 Å². The average molecular weight is 481 g/mol. The molecule has 0 spiro atoms. The van der Waals surface area contributed by atoms with Crippen molar-refractivity contribution >= 4 is 11.9 Å². The standard InChI is InChI=1S/C27H38F2O5/c1-15-19-4-16-3-17(5-19)9-26(15,8-16)13-32-14-33-23(30)22-20-6-18-7-21(22)12-27(10-18,11-20)34-24(31)25(2,28)29/h15-22H,3-14H2,1-2H3. The predicted molar refractivity (Wildman–Crippen MR) is 119 cm³/mol. The van der Waals surface area contributed by atoms with Crippen LogP contribution in [-0.4, -0.2) is 36.9 Å². The zero-order chi connectivity index (χ0) is 23.9. The third-order valence-electron chi connectivity index (χ3n) is 10.8. The van der Waals surface area contributed by atoms with E-state index in [2.05, 4.69) is 6.92 Å². The molecule has 0 aromatic carbocycles. The molecule has 8 saturated carbocycles. The molecule has 8 bridgehead atoms. The summed E-state index contributed by atoms with van der Waals surface area (Å²) in [5, 5.41) is 0. The van der Waals surface area contributed by atoms with E-state index in [9.17, 15) is 18.4 Å². The second kappa shape index (κ2) is 7.88. The van der Waals surface area contributed by atoms with E-state index in [4.69, 9.17) is 14.2 Å². The minimum absolute atomic E-state index is 0.00510. The van der Waals surface area contributed by atoms with Crippen molar-refractivity contribution < 1.29 is 32.6 Å². The highest BCUT2D eigenvalue weighted by molar-refractivity contribution is 5.77. The largest absolute Gasteiger partial charge is 0.455 e. The van der Waals surface area contributed by atoms with Crippen molar-refractivity contribution in [3.63, 3.8) is 0 Å². The van der Waals surface area contributed by atoms with E-state index < -0.39 is 17.5 Å². The average Bonchev–Trinajstić information content (AvgIpc) is 2.73. The van der Waals surface area contributed by atoms with Gasteiger partial charge in [0.2, 0.25) is 0 Å². The first-order chi connectivity index (χ1) is 16.1. The maximum absolute atomic E-state index is 13.5. The number of hydrogen-bond acceptors (Lipinski definition) is 5. The molecule has 8 aliphatic rings. The lowest BCUT2D eigenvalue weighted by atomic mass is 9.46. The first kappa shape index (κ1) is 23.2. The van der Waals surface area contributed by atoms with E-state index in [1.165, 1.54) is 32.1 Å². The van der Waals surface area contributed by atoms with E-state index in [0.717, 1.165) is 30.6 Å². The highest BCUT2D eigenvalue weighted by Gasteiger charge is 2.60. The molecule has 8 rings (SSSR count). The Morgan fingerprint density at radius 2 is 1.47 bits per heavy atom. The molecule has 5 unspecified atom stereocenters. The van der Waals surface area contributed by atoms with Crippen molar-refractivity contribution in [2.75, 3.05) is 13.4 Å². The van der Waals surface area contributed by atoms with E-state index in [1.807, 2.05) is 0 Å². The lowest BCUT2D eigenvalue weighted by molar-refractivity contribution is -0.220. The van der Waals surface area contributed by atoms with Crippen LogP contribution >= 0.6 is 0 Å². The van der Waals surface area contributed by atoms with Crippen LogP contribution in [0.4, 0.5) is 8.78 Å². The summed E-state index contributed by atoms with van der Waals surface area (Å²) in [6, 6.07) is 0. The molecular weight excluding hydrogens is 442 g/mol. The zero-order valence-electron chi connectivity index (χ0n) is 20.4. The van der Waals surface area contributed by atoms with Gasteiger partial charge < -0.3 is 14.2 Å². The van der Waals surface area contributed by atoms with Crippen molar-refractivity contribution in [1.82, 2.24) is 0 Å². The Labute approximate surface area is 200 Å². The van der Waals surface area contributed by atoms with Crippen molar-refractivity contribution in [2.45, 2.75) is 89.6 Å². The molecule has 5 atom stereocenters. The molecular formula is C27H38F2O5. The SMILES string of the molecule is CC1C2CC3CC(C2)CC1(COCOC(=O)C1C2CC4CC1CC(OC(=O)C(C)(F)F)(C4)C2)C3. The number of halogens is 2. The second-order valence-corrected chi connectivity index (χ2v) is 13.1. The van der Waals surface area contributed by atoms with Crippen molar-refractivity contribution in [3.8, 4) is 0 Å². The Morgan fingerprint density at radius 3 is 2.09 bits per heavy atom. The Hall–Kier alpha value is -1.24. The molecule has 0 amide bonds. The van der Waals surface area contributed by atoms with Crippen molar-refractivity contribution in [1.29, 1.82) is 0 Å². The Morgan fingerprint density at radius 1 is 0.882 bits per heavy atom. The minimum Gasteiger partial charge on any atom is -0.455 e. The van der Waals surface area contributed by atoms with Gasteiger partial charge in [-0.15, -0.1) is 0 Å². The van der Waals surface area contributed by atoms with Gasteiger partial charge in [-0.3, -0.25) is 4.79 Å². The second-order valence-electron chi connectivity index (χ2n) is 13.1. The van der Waals surface area contributed by atoms with Crippen LogP contribution in [0.2, 0.25) is 0 Å². The van der Waals surface area contributed by atoms with Crippen LogP contribution in [0.1, 0.15) is 78.1 Å². The fourth-order valence-electron chi connectivity index (χ4n) is 9.90. The summed E-state index contributed by atoms with van der Waals surface area (Å²) in [7, 11) is 0. The lowest BCUT2D eigenvalue weighted by Crippen LogP contribution is -2.59. The summed E-state index contributed by atoms with van der Waals surface area (Å²) in [5.41, 5.74) is -0.587. The number of alkyl halides is 2. The molecule has 0 radical (unpaired) electrons. The van der Waals surface area contributed by atoms with E-state index in [-0.39, 0.29) is 35.9 Å². The van der Waals surface area contributed by atoms with Gasteiger partial charge in [-0.2, -0.15) is 8.78 Å². The fraction of sp³-hybridized carbons (Fsp3) is 0.926. The number of hydrogen-bond donors (Lipinski definition) is 0. The first-order valence-electron chi connectivity index (χ1n) is 13.4. The quantitative estimate of drug-likeness (QED) is 0.279. The molecule has 0 aromatic heterocycles. The highest BCUT2D eigenvalue weighted by atomic mass is 19.3. The topological polar surface area (TPSA) is 61.8 Å². The van der Waals surface area contributed by atoms with Crippen LogP contribution in [-0.2, 0) is 23.8 Å². The molecule has 0 saturated heterocycles. The minimum atomic E-state index is -3.49. The Balaban J connectivity index is 1.03. The third-order valence-corrected chi connectivity index (χ3v) is 10.8. The Kier molecular flexibility index (Phi) is 5.37. The van der Waals surface area contributed by atoms with E-state index >= 15 is 0 Å². The number of carbonyl (C=O) groups excluding carboxylic acids is 2. The zero-order valence-corrected chi connectivity index (χ0v) is 20.4. The maximum Gasteiger partial charge on any atom is 0.377 e. The van der Waals surface area contributed by atoms with Gasteiger partial charge in [0.05, 0.1) is 12.5 Å². The van der Waals surface area contributed by atoms with Crippen LogP contribution in [0.15, 0.2) is 0 Å². The summed E-state index contributed by atoms with van der Waals surface area (Å²) in [6.45, 7) is 3.65. The molecule has 0 heterocycles. The van der Waals surface area contributed by atoms with Gasteiger partial charge in [0.25, 0.3) is 0 Å². The molecule has 0 aliphatic heterocycles. The highest BCUT2D eigenvalue weighted by Crippen LogP contribution is 2.63. The van der Waals surface area contributed by atoms with Gasteiger partial charge >= 0.3 is 17.9 Å². The molecule has 0 N–H and O–H groups in total. The summed E-state index contributed by atoms with van der Waals surface area (Å²) < 4.78 is 44.0. The number of carbonyl (C=O) groups is 2. The van der Waals surface area contributed by atoms with Crippen LogP contribution in [0.25, 0.3) is 0 Å². The maximum atomic E-state index is 13.5. The van der Waals surface area contributed by atoms with E-state index in [0.29, 0.717) is 44.6 Å². The summed E-state index contributed by atoms with van der Waals surface area (Å²) >= 11 is 0. The smallest absolute Gasteiger partial charge is 0.377 e. The molecule has 190 valence electrons. The van der Waals surface area contributed by atoms with Crippen molar-refractivity contribution in [2.24, 2.45) is 52.8 Å². The summed E-state index contributed by atoms with van der Waals surface area (Å²) in [6.07, 6.45) is 10.0. The Bertz CT molecular complexity index is 822. The molecule has 34 heavy (non-hydrogen) atoms. The van der Waals surface area contributed by atoms with Crippen LogP contribution in [0.5, 0.6) is 0 Å². The number of esters is 2. The predicted octanol–water partition coefficient (Wildman–Crippen LogP) is 5.36. The van der Waals surface area contributed by atoms with Crippen LogP contribution in [0.3, 0.4) is 0 Å². The van der Waals surface area contributed by atoms with Crippen LogP contribution < -0.4 is 0 Å². The van der Waals surface area contributed by atoms with Gasteiger partial charge in [0, 0.05) is 6.92 Å². The van der Waals surface area contributed by atoms with Gasteiger partial charge in [0.15, 0.2) is 6.79 Å². The third kappa shape index (κ3) is 3.79. The first-order valence-corrected chi connectivity index (χ1v) is 13.4. The van der Waals surface area contributed by atoms with Gasteiger partial charge in [-0.25, -0.2) is 4.79 Å². The number of rotatable bonds is 7. The monoisotopic (exact) mass is 480 g/mol. The molecule has 5 nitrogen and oxygen atoms in total. The summed E-state index contributed by atoms with van der Waals surface area (Å²) in [5.74, 6) is -1.82. The molecule has 0 aromatic rings. The summed E-state index contributed by atoms with van der Waals surface area (Å²) in [4.78, 5) is 25.0. The lowest BCUT2D eigenvalue weighted by Gasteiger charge is -2.60. The molecule has 7 heteroatoms. The fourth-order valence-corrected chi connectivity index (χ4v) is 9.90. The van der Waals surface area contributed by atoms with Crippen LogP contribution in [0, 0.1) is 52.8 Å². The normalized spacial score (nSPS) is 48.2. The van der Waals surface area contributed by atoms with Crippen molar-refractivity contribution in [3.05, 3.63) is 0 Å². The number of ether oxygens (including phenoxy) is 3. The molecule has 8 fully saturated rings. The van der Waals surface area contributed by atoms with Gasteiger partial charge in [0.1, 0.15) is 5.60 Å². The van der Waals surface area contributed by atoms with Gasteiger partial charge in [-0.1, -0.05) is 6.92 Å². The molecule has 8 aliphatic carbocycles.